The third kappa shape index (κ3) is 4.90. The van der Waals surface area contributed by atoms with Crippen LogP contribution in [0.2, 0.25) is 5.02 Å². The van der Waals surface area contributed by atoms with Gasteiger partial charge in [-0.05, 0) is 63.0 Å². The number of ether oxygens (including phenoxy) is 1. The summed E-state index contributed by atoms with van der Waals surface area (Å²) in [7, 11) is 0. The van der Waals surface area contributed by atoms with Crippen LogP contribution >= 0.6 is 11.6 Å². The molecule has 0 spiro atoms. The number of benzene rings is 1. The van der Waals surface area contributed by atoms with E-state index in [2.05, 4.69) is 10.6 Å². The molecule has 4 nitrogen and oxygen atoms in total. The van der Waals surface area contributed by atoms with Crippen LogP contribution < -0.4 is 15.4 Å². The van der Waals surface area contributed by atoms with Crippen molar-refractivity contribution in [2.75, 3.05) is 26.2 Å². The highest BCUT2D eigenvalue weighted by atomic mass is 35.5. The molecule has 1 saturated heterocycles. The monoisotopic (exact) mass is 310 g/mol. The molecule has 1 heterocycles. The highest BCUT2D eigenvalue weighted by molar-refractivity contribution is 6.30. The lowest BCUT2D eigenvalue weighted by Gasteiger charge is -2.21. The molecule has 1 aromatic carbocycles. The molecule has 5 heteroatoms. The van der Waals surface area contributed by atoms with E-state index in [4.69, 9.17) is 16.3 Å². The Morgan fingerprint density at radius 3 is 2.90 bits per heavy atom. The summed E-state index contributed by atoms with van der Waals surface area (Å²) in [4.78, 5) is 12.1. The third-order valence-corrected chi connectivity index (χ3v) is 3.96. The van der Waals surface area contributed by atoms with E-state index >= 15 is 0 Å². The molecule has 1 aliphatic rings. The quantitative estimate of drug-likeness (QED) is 0.848. The molecule has 0 aliphatic carbocycles. The van der Waals surface area contributed by atoms with E-state index in [1.165, 1.54) is 0 Å². The summed E-state index contributed by atoms with van der Waals surface area (Å²) in [6, 6.07) is 5.61. The lowest BCUT2D eigenvalue weighted by molar-refractivity contribution is -0.125. The predicted octanol–water partition coefficient (Wildman–Crippen LogP) is 2.40. The first-order valence-electron chi connectivity index (χ1n) is 7.60. The minimum atomic E-state index is 0.150. The molecule has 0 atom stereocenters. The molecule has 2 N–H and O–H groups in total. The number of nitrogens with one attached hydrogen (secondary N) is 2. The smallest absolute Gasteiger partial charge is 0.223 e. The van der Waals surface area contributed by atoms with Crippen molar-refractivity contribution in [3.8, 4) is 5.75 Å². The van der Waals surface area contributed by atoms with Crippen molar-refractivity contribution >= 4 is 17.5 Å². The first kappa shape index (κ1) is 16.1. The van der Waals surface area contributed by atoms with Crippen LogP contribution in [0.3, 0.4) is 0 Å². The van der Waals surface area contributed by atoms with Crippen LogP contribution in [0.25, 0.3) is 0 Å². The number of carbonyl (C=O) groups excluding carboxylic acids is 1. The van der Waals surface area contributed by atoms with Gasteiger partial charge < -0.3 is 15.4 Å². The Hall–Kier alpha value is -1.26. The van der Waals surface area contributed by atoms with Gasteiger partial charge in [-0.1, -0.05) is 11.6 Å². The molecule has 0 bridgehead atoms. The van der Waals surface area contributed by atoms with E-state index in [0.29, 0.717) is 18.2 Å². The molecule has 0 aromatic heterocycles. The number of halogens is 1. The Balaban J connectivity index is 1.84. The maximum atomic E-state index is 12.1. The van der Waals surface area contributed by atoms with E-state index in [0.717, 1.165) is 43.7 Å². The molecular weight excluding hydrogens is 288 g/mol. The van der Waals surface area contributed by atoms with Crippen molar-refractivity contribution < 1.29 is 9.53 Å². The summed E-state index contributed by atoms with van der Waals surface area (Å²) in [5, 5.41) is 6.99. The van der Waals surface area contributed by atoms with Crippen molar-refractivity contribution in [1.82, 2.24) is 10.6 Å². The normalized spacial score (nSPS) is 15.7. The largest absolute Gasteiger partial charge is 0.494 e. The van der Waals surface area contributed by atoms with Crippen molar-refractivity contribution in [1.29, 1.82) is 0 Å². The van der Waals surface area contributed by atoms with Crippen molar-refractivity contribution in [2.45, 2.75) is 26.2 Å². The highest BCUT2D eigenvalue weighted by Gasteiger charge is 2.20. The number of carbonyl (C=O) groups is 1. The molecule has 1 fully saturated rings. The van der Waals surface area contributed by atoms with E-state index < -0.39 is 0 Å². The van der Waals surface area contributed by atoms with E-state index in [1.54, 1.807) is 0 Å². The summed E-state index contributed by atoms with van der Waals surface area (Å²) in [6.45, 7) is 5.05. The molecule has 1 aliphatic heterocycles. The van der Waals surface area contributed by atoms with Crippen molar-refractivity contribution in [3.05, 3.63) is 28.8 Å². The molecule has 0 radical (unpaired) electrons. The lowest BCUT2D eigenvalue weighted by Crippen LogP contribution is -2.38. The minimum absolute atomic E-state index is 0.150. The fourth-order valence-corrected chi connectivity index (χ4v) is 2.78. The van der Waals surface area contributed by atoms with Gasteiger partial charge in [0.05, 0.1) is 6.61 Å². The summed E-state index contributed by atoms with van der Waals surface area (Å²) in [5.74, 6) is 1.16. The molecule has 1 aromatic rings. The van der Waals surface area contributed by atoms with Gasteiger partial charge in [-0.15, -0.1) is 0 Å². The van der Waals surface area contributed by atoms with Crippen LogP contribution in [0.5, 0.6) is 5.75 Å². The average molecular weight is 311 g/mol. The first-order valence-corrected chi connectivity index (χ1v) is 7.98. The van der Waals surface area contributed by atoms with Gasteiger partial charge in [0.15, 0.2) is 0 Å². The van der Waals surface area contributed by atoms with Crippen LogP contribution in [-0.2, 0) is 11.2 Å². The first-order chi connectivity index (χ1) is 10.2. The lowest BCUT2D eigenvalue weighted by atomic mass is 9.97. The number of rotatable bonds is 6. The molecule has 21 heavy (non-hydrogen) atoms. The van der Waals surface area contributed by atoms with Crippen LogP contribution in [0.15, 0.2) is 18.2 Å². The molecule has 2 rings (SSSR count). The molecule has 0 saturated carbocycles. The number of piperidine rings is 1. The second kappa shape index (κ2) is 8.25. The topological polar surface area (TPSA) is 50.4 Å². The Labute approximate surface area is 131 Å². The standard InChI is InChI=1S/C16H23ClN2O2/c1-2-21-15-4-3-14(17)11-13(15)7-10-19-16(20)12-5-8-18-9-6-12/h3-4,11-12,18H,2,5-10H2,1H3,(H,19,20). The number of hydrogen-bond donors (Lipinski definition) is 2. The minimum Gasteiger partial charge on any atom is -0.494 e. The zero-order valence-electron chi connectivity index (χ0n) is 12.5. The van der Waals surface area contributed by atoms with E-state index in [9.17, 15) is 4.79 Å². The van der Waals surface area contributed by atoms with Gasteiger partial charge in [0.2, 0.25) is 5.91 Å². The van der Waals surface area contributed by atoms with Gasteiger partial charge in [0.1, 0.15) is 5.75 Å². The summed E-state index contributed by atoms with van der Waals surface area (Å²) in [5.41, 5.74) is 1.04. The summed E-state index contributed by atoms with van der Waals surface area (Å²) < 4.78 is 5.59. The number of hydrogen-bond acceptors (Lipinski definition) is 3. The van der Waals surface area contributed by atoms with E-state index in [1.807, 2.05) is 25.1 Å². The van der Waals surface area contributed by atoms with Crippen molar-refractivity contribution in [3.63, 3.8) is 0 Å². The van der Waals surface area contributed by atoms with Crippen LogP contribution in [-0.4, -0.2) is 32.1 Å². The van der Waals surface area contributed by atoms with Gasteiger partial charge in [-0.25, -0.2) is 0 Å². The fraction of sp³-hybridized carbons (Fsp3) is 0.562. The third-order valence-electron chi connectivity index (χ3n) is 3.73. The second-order valence-corrected chi connectivity index (χ2v) is 5.69. The average Bonchev–Trinajstić information content (AvgIpc) is 2.51. The highest BCUT2D eigenvalue weighted by Crippen LogP contribution is 2.23. The van der Waals surface area contributed by atoms with Gasteiger partial charge in [0.25, 0.3) is 0 Å². The van der Waals surface area contributed by atoms with Gasteiger partial charge in [0, 0.05) is 17.5 Å². The summed E-state index contributed by atoms with van der Waals surface area (Å²) in [6.07, 6.45) is 2.58. The SMILES string of the molecule is CCOc1ccc(Cl)cc1CCNC(=O)C1CCNCC1. The van der Waals surface area contributed by atoms with Gasteiger partial charge in [-0.3, -0.25) is 4.79 Å². The Kier molecular flexibility index (Phi) is 6.33. The zero-order chi connectivity index (χ0) is 15.1. The zero-order valence-corrected chi connectivity index (χ0v) is 13.2. The van der Waals surface area contributed by atoms with Crippen LogP contribution in [0, 0.1) is 5.92 Å². The van der Waals surface area contributed by atoms with Crippen molar-refractivity contribution in [2.24, 2.45) is 5.92 Å². The Morgan fingerprint density at radius 1 is 1.43 bits per heavy atom. The molecular formula is C16H23ClN2O2. The molecule has 116 valence electrons. The Morgan fingerprint density at radius 2 is 2.19 bits per heavy atom. The van der Waals surface area contributed by atoms with Crippen LogP contribution in [0.4, 0.5) is 0 Å². The second-order valence-electron chi connectivity index (χ2n) is 5.25. The maximum absolute atomic E-state index is 12.1. The van der Waals surface area contributed by atoms with Gasteiger partial charge in [-0.2, -0.15) is 0 Å². The maximum Gasteiger partial charge on any atom is 0.223 e. The summed E-state index contributed by atoms with van der Waals surface area (Å²) >= 11 is 6.03. The van der Waals surface area contributed by atoms with Crippen LogP contribution in [0.1, 0.15) is 25.3 Å². The predicted molar refractivity (Wildman–Crippen MR) is 84.9 cm³/mol. The van der Waals surface area contributed by atoms with E-state index in [-0.39, 0.29) is 11.8 Å². The molecule has 1 amide bonds. The Bertz CT molecular complexity index is 473. The fourth-order valence-electron chi connectivity index (χ4n) is 2.59. The number of amides is 1. The molecule has 0 unspecified atom stereocenters. The van der Waals surface area contributed by atoms with Gasteiger partial charge >= 0.3 is 0 Å².